The van der Waals surface area contributed by atoms with Crippen molar-refractivity contribution < 1.29 is 18.8 Å². The van der Waals surface area contributed by atoms with E-state index in [0.29, 0.717) is 17.7 Å². The van der Waals surface area contributed by atoms with Crippen LogP contribution in [0.15, 0.2) is 23.1 Å². The Morgan fingerprint density at radius 3 is 2.95 bits per heavy atom. The highest BCUT2D eigenvalue weighted by molar-refractivity contribution is 7.99. The largest absolute Gasteiger partial charge is 0.368 e. The molecular formula is C13H12FN3O3S. The molecule has 3 rings (SSSR count). The number of carbonyl (C=O) groups excluding carboxylic acids is 3. The van der Waals surface area contributed by atoms with Crippen LogP contribution in [0.1, 0.15) is 12.0 Å². The molecular weight excluding hydrogens is 297 g/mol. The molecule has 1 aromatic carbocycles. The van der Waals surface area contributed by atoms with Crippen molar-refractivity contribution in [1.29, 1.82) is 0 Å². The molecule has 1 aromatic rings. The van der Waals surface area contributed by atoms with Gasteiger partial charge in [-0.3, -0.25) is 14.5 Å². The second-order valence-corrected chi connectivity index (χ2v) is 6.07. The Morgan fingerprint density at radius 2 is 2.24 bits per heavy atom. The first-order valence-corrected chi connectivity index (χ1v) is 7.28. The van der Waals surface area contributed by atoms with Crippen LogP contribution in [0.25, 0.3) is 0 Å². The Morgan fingerprint density at radius 1 is 1.48 bits per heavy atom. The number of thioether (sulfide) groups is 1. The molecule has 0 aromatic heterocycles. The number of amides is 4. The number of nitrogens with zero attached hydrogens (tertiary/aromatic N) is 1. The van der Waals surface area contributed by atoms with Crippen LogP contribution in [-0.4, -0.2) is 35.0 Å². The number of imide groups is 1. The summed E-state index contributed by atoms with van der Waals surface area (Å²) in [6, 6.07) is 3.48. The second kappa shape index (κ2) is 4.73. The molecule has 3 N–H and O–H groups in total. The number of urea groups is 1. The number of carbonyl (C=O) groups is 3. The van der Waals surface area contributed by atoms with Gasteiger partial charge < -0.3 is 11.1 Å². The number of hydrogen-bond acceptors (Lipinski definition) is 4. The van der Waals surface area contributed by atoms with Crippen molar-refractivity contribution in [2.75, 3.05) is 12.3 Å². The molecule has 110 valence electrons. The second-order valence-electron chi connectivity index (χ2n) is 4.93. The molecule has 1 fully saturated rings. The van der Waals surface area contributed by atoms with E-state index in [1.807, 2.05) is 0 Å². The lowest BCUT2D eigenvalue weighted by Gasteiger charge is -2.32. The van der Waals surface area contributed by atoms with Crippen LogP contribution in [0.5, 0.6) is 0 Å². The number of fused-ring (bicyclic) bond motifs is 2. The quantitative estimate of drug-likeness (QED) is 0.781. The minimum absolute atomic E-state index is 0.341. The Kier molecular flexibility index (Phi) is 3.12. The molecule has 1 saturated heterocycles. The van der Waals surface area contributed by atoms with Crippen molar-refractivity contribution in [3.05, 3.63) is 29.6 Å². The molecule has 0 bridgehead atoms. The summed E-state index contributed by atoms with van der Waals surface area (Å²) in [6.07, 6.45) is 0.341. The topological polar surface area (TPSA) is 92.5 Å². The average Bonchev–Trinajstić information content (AvgIpc) is 2.65. The first kappa shape index (κ1) is 13.9. The molecule has 4 amide bonds. The highest BCUT2D eigenvalue weighted by atomic mass is 32.2. The maximum atomic E-state index is 13.5. The molecule has 1 unspecified atom stereocenters. The van der Waals surface area contributed by atoms with Gasteiger partial charge in [0.1, 0.15) is 17.9 Å². The monoisotopic (exact) mass is 309 g/mol. The molecule has 1 atom stereocenters. The SMILES string of the molecule is NC(=O)CN1C(=O)NC2(CCSc3ccc(F)cc32)C1=O. The van der Waals surface area contributed by atoms with Crippen LogP contribution in [0.2, 0.25) is 0 Å². The Hall–Kier alpha value is -2.09. The summed E-state index contributed by atoms with van der Waals surface area (Å²) < 4.78 is 13.5. The van der Waals surface area contributed by atoms with Crippen LogP contribution < -0.4 is 11.1 Å². The predicted molar refractivity (Wildman–Crippen MR) is 72.9 cm³/mol. The van der Waals surface area contributed by atoms with Crippen LogP contribution >= 0.6 is 11.8 Å². The summed E-state index contributed by atoms with van der Waals surface area (Å²) in [6.45, 7) is -0.482. The first-order valence-electron chi connectivity index (χ1n) is 6.29. The van der Waals surface area contributed by atoms with Crippen molar-refractivity contribution >= 4 is 29.6 Å². The standard InChI is InChI=1S/C13H12FN3O3S/c14-7-1-2-9-8(5-7)13(3-4-21-9)11(19)17(6-10(15)18)12(20)16-13/h1-2,5H,3-4,6H2,(H2,15,18)(H,16,20). The molecule has 21 heavy (non-hydrogen) atoms. The van der Waals surface area contributed by atoms with Crippen molar-refractivity contribution in [2.24, 2.45) is 5.73 Å². The van der Waals surface area contributed by atoms with Crippen LogP contribution in [0.3, 0.4) is 0 Å². The van der Waals surface area contributed by atoms with Gasteiger partial charge >= 0.3 is 6.03 Å². The lowest BCUT2D eigenvalue weighted by Crippen LogP contribution is -2.47. The number of hydrogen-bond donors (Lipinski definition) is 2. The first-order chi connectivity index (χ1) is 9.94. The zero-order valence-electron chi connectivity index (χ0n) is 10.9. The van der Waals surface area contributed by atoms with Crippen molar-refractivity contribution in [1.82, 2.24) is 10.2 Å². The fraction of sp³-hybridized carbons (Fsp3) is 0.308. The zero-order valence-corrected chi connectivity index (χ0v) is 11.7. The summed E-state index contributed by atoms with van der Waals surface area (Å²) >= 11 is 1.50. The molecule has 6 nitrogen and oxygen atoms in total. The molecule has 1 spiro atoms. The highest BCUT2D eigenvalue weighted by Gasteiger charge is 2.54. The molecule has 0 aliphatic carbocycles. The van der Waals surface area contributed by atoms with E-state index < -0.39 is 35.7 Å². The van der Waals surface area contributed by atoms with Gasteiger partial charge in [0.25, 0.3) is 5.91 Å². The van der Waals surface area contributed by atoms with Gasteiger partial charge in [0.2, 0.25) is 5.91 Å². The maximum absolute atomic E-state index is 13.5. The van der Waals surface area contributed by atoms with E-state index in [0.717, 1.165) is 9.80 Å². The summed E-state index contributed by atoms with van der Waals surface area (Å²) in [5.74, 6) is -1.21. The Balaban J connectivity index is 2.08. The van der Waals surface area contributed by atoms with E-state index in [1.165, 1.54) is 23.9 Å². The van der Waals surface area contributed by atoms with Gasteiger partial charge in [0, 0.05) is 16.2 Å². The van der Waals surface area contributed by atoms with Gasteiger partial charge in [0.15, 0.2) is 0 Å². The van der Waals surface area contributed by atoms with E-state index in [9.17, 15) is 18.8 Å². The van der Waals surface area contributed by atoms with Gasteiger partial charge in [-0.15, -0.1) is 11.8 Å². The van der Waals surface area contributed by atoms with Gasteiger partial charge in [-0.1, -0.05) is 0 Å². The van der Waals surface area contributed by atoms with Gasteiger partial charge in [-0.25, -0.2) is 9.18 Å². The number of nitrogens with one attached hydrogen (secondary N) is 1. The summed E-state index contributed by atoms with van der Waals surface area (Å²) in [4.78, 5) is 37.1. The minimum atomic E-state index is -1.30. The average molecular weight is 309 g/mol. The summed E-state index contributed by atoms with van der Waals surface area (Å²) in [5, 5.41) is 2.61. The predicted octanol–water partition coefficient (Wildman–Crippen LogP) is 0.554. The number of rotatable bonds is 2. The fourth-order valence-corrected chi connectivity index (χ4v) is 3.87. The summed E-state index contributed by atoms with van der Waals surface area (Å²) in [5.41, 5.74) is 4.19. The molecule has 0 radical (unpaired) electrons. The molecule has 2 aliphatic rings. The van der Waals surface area contributed by atoms with E-state index >= 15 is 0 Å². The Bertz CT molecular complexity index is 666. The third-order valence-corrected chi connectivity index (χ3v) is 4.70. The summed E-state index contributed by atoms with van der Waals surface area (Å²) in [7, 11) is 0. The van der Waals surface area contributed by atoms with Gasteiger partial charge in [0.05, 0.1) is 0 Å². The van der Waals surface area contributed by atoms with Gasteiger partial charge in [-0.2, -0.15) is 0 Å². The fourth-order valence-electron chi connectivity index (χ4n) is 2.69. The van der Waals surface area contributed by atoms with E-state index in [2.05, 4.69) is 5.32 Å². The molecule has 8 heteroatoms. The number of primary amides is 1. The lowest BCUT2D eigenvalue weighted by molar-refractivity contribution is -0.134. The van der Waals surface area contributed by atoms with Crippen LogP contribution in [0.4, 0.5) is 9.18 Å². The van der Waals surface area contributed by atoms with Crippen LogP contribution in [-0.2, 0) is 15.1 Å². The van der Waals surface area contributed by atoms with Crippen molar-refractivity contribution in [2.45, 2.75) is 16.9 Å². The third-order valence-electron chi connectivity index (χ3n) is 3.63. The van der Waals surface area contributed by atoms with Crippen molar-refractivity contribution in [3.63, 3.8) is 0 Å². The number of halogens is 1. The smallest absolute Gasteiger partial charge is 0.325 e. The number of nitrogens with two attached hydrogens (primary N) is 1. The van der Waals surface area contributed by atoms with Gasteiger partial charge in [-0.05, 0) is 24.6 Å². The van der Waals surface area contributed by atoms with E-state index in [-0.39, 0.29) is 0 Å². The van der Waals surface area contributed by atoms with Crippen LogP contribution in [0, 0.1) is 5.82 Å². The van der Waals surface area contributed by atoms with E-state index in [4.69, 9.17) is 5.73 Å². The lowest BCUT2D eigenvalue weighted by atomic mass is 9.86. The minimum Gasteiger partial charge on any atom is -0.368 e. The third kappa shape index (κ3) is 2.06. The van der Waals surface area contributed by atoms with Crippen molar-refractivity contribution in [3.8, 4) is 0 Å². The molecule has 2 heterocycles. The maximum Gasteiger partial charge on any atom is 0.325 e. The van der Waals surface area contributed by atoms with E-state index in [1.54, 1.807) is 6.07 Å². The highest BCUT2D eigenvalue weighted by Crippen LogP contribution is 2.43. The Labute approximate surface area is 123 Å². The number of benzene rings is 1. The molecule has 0 saturated carbocycles. The zero-order chi connectivity index (χ0) is 15.2. The normalized spacial score (nSPS) is 24.1. The molecule has 2 aliphatic heterocycles.